The zero-order valence-electron chi connectivity index (χ0n) is 2.91. The predicted molar refractivity (Wildman–Crippen MR) is 23.3 cm³/mol. The first-order chi connectivity index (χ1) is 2.27. The van der Waals surface area contributed by atoms with E-state index in [1.807, 2.05) is 0 Å². The van der Waals surface area contributed by atoms with Crippen molar-refractivity contribution < 1.29 is 4.43 Å². The van der Waals surface area contributed by atoms with Gasteiger partial charge in [-0.2, -0.15) is 0 Å². The zero-order valence-corrected chi connectivity index (χ0v) is 4.91. The SMILES string of the molecule is CC(=[Si])O[Si]. The van der Waals surface area contributed by atoms with Crippen molar-refractivity contribution in [2.24, 2.45) is 0 Å². The molecule has 5 radical (unpaired) electrons. The Morgan fingerprint density at radius 2 is 2.00 bits per heavy atom. The molecule has 0 atom stereocenters. The Balaban J connectivity index is 2.85. The van der Waals surface area contributed by atoms with Gasteiger partial charge < -0.3 is 4.43 Å². The van der Waals surface area contributed by atoms with Crippen LogP contribution in [0, 0.1) is 0 Å². The maximum absolute atomic E-state index is 4.39. The van der Waals surface area contributed by atoms with Gasteiger partial charge in [0.15, 0.2) is 0 Å². The molecule has 3 heteroatoms. The zero-order chi connectivity index (χ0) is 4.28. The van der Waals surface area contributed by atoms with Gasteiger partial charge in [0.1, 0.15) is 0 Å². The number of rotatable bonds is 1. The Hall–Kier alpha value is 0.104. The second kappa shape index (κ2) is 2.35. The summed E-state index contributed by atoms with van der Waals surface area (Å²) < 4.78 is 4.39. The Morgan fingerprint density at radius 1 is 1.80 bits per heavy atom. The maximum atomic E-state index is 4.39. The van der Waals surface area contributed by atoms with Crippen LogP contribution < -0.4 is 0 Å². The molecule has 0 spiro atoms. The van der Waals surface area contributed by atoms with Crippen LogP contribution in [-0.4, -0.2) is 25.7 Å². The van der Waals surface area contributed by atoms with Crippen molar-refractivity contribution in [3.63, 3.8) is 0 Å². The average molecular weight is 99.2 g/mol. The summed E-state index contributed by atoms with van der Waals surface area (Å²) in [6.45, 7) is 1.78. The van der Waals surface area contributed by atoms with Gasteiger partial charge in [-0.15, -0.1) is 0 Å². The highest BCUT2D eigenvalue weighted by molar-refractivity contribution is 6.36. The Morgan fingerprint density at radius 3 is 2.00 bits per heavy atom. The van der Waals surface area contributed by atoms with E-state index >= 15 is 0 Å². The molecule has 5 heavy (non-hydrogen) atoms. The average Bonchev–Trinajstić information content (AvgIpc) is 1.38. The predicted octanol–water partition coefficient (Wildman–Crippen LogP) is -0.595. The summed E-state index contributed by atoms with van der Waals surface area (Å²) in [5.41, 5.74) is 0. The summed E-state index contributed by atoms with van der Waals surface area (Å²) in [7, 11) is 5.83. The van der Waals surface area contributed by atoms with Crippen LogP contribution in [0.3, 0.4) is 0 Å². The van der Waals surface area contributed by atoms with E-state index in [4.69, 9.17) is 0 Å². The van der Waals surface area contributed by atoms with Gasteiger partial charge in [0, 0.05) is 5.35 Å². The van der Waals surface area contributed by atoms with Gasteiger partial charge in [0.05, 0.1) is 9.85 Å². The third kappa shape index (κ3) is 4.10. The first-order valence-electron chi connectivity index (χ1n) is 1.16. The fourth-order valence-corrected chi connectivity index (χ4v) is 0. The lowest BCUT2D eigenvalue weighted by atomic mass is 10.9. The summed E-state index contributed by atoms with van der Waals surface area (Å²) in [5, 5.41) is 0.724. The molecule has 0 bridgehead atoms. The van der Waals surface area contributed by atoms with Gasteiger partial charge in [-0.3, -0.25) is 0 Å². The maximum Gasteiger partial charge on any atom is 0.339 e. The molecule has 0 heterocycles. The Labute approximate surface area is 37.9 Å². The van der Waals surface area contributed by atoms with Crippen molar-refractivity contribution in [2.75, 3.05) is 0 Å². The minimum absolute atomic E-state index is 0.724. The molecule has 0 fully saturated rings. The summed E-state index contributed by atoms with van der Waals surface area (Å²) in [6.07, 6.45) is 0. The fraction of sp³-hybridized carbons (Fsp3) is 0.500. The summed E-state index contributed by atoms with van der Waals surface area (Å²) in [5.74, 6) is 0. The molecule has 0 amide bonds. The standard InChI is InChI=1S/C2H3OSi2/c1-2(4)3-5/h1H3. The summed E-state index contributed by atoms with van der Waals surface area (Å²) in [6, 6.07) is 0. The third-order valence-electron chi connectivity index (χ3n) is 0.153. The lowest BCUT2D eigenvalue weighted by Crippen LogP contribution is -1.92. The molecule has 0 aliphatic heterocycles. The molecule has 0 aliphatic carbocycles. The van der Waals surface area contributed by atoms with Crippen molar-refractivity contribution in [2.45, 2.75) is 6.92 Å². The van der Waals surface area contributed by atoms with Gasteiger partial charge in [0.25, 0.3) is 0 Å². The molecular formula is C2H3OSi2. The second-order valence-electron chi connectivity index (χ2n) is 0.658. The van der Waals surface area contributed by atoms with Crippen LogP contribution in [0.2, 0.25) is 0 Å². The van der Waals surface area contributed by atoms with Gasteiger partial charge in [-0.1, -0.05) is 0 Å². The van der Waals surface area contributed by atoms with E-state index in [1.165, 1.54) is 0 Å². The van der Waals surface area contributed by atoms with E-state index in [1.54, 1.807) is 6.92 Å². The first-order valence-corrected chi connectivity index (χ1v) is 2.07. The monoisotopic (exact) mass is 99.0 g/mol. The lowest BCUT2D eigenvalue weighted by Gasteiger charge is -1.88. The Kier molecular flexibility index (Phi) is 2.40. The smallest absolute Gasteiger partial charge is 0.339 e. The topological polar surface area (TPSA) is 9.23 Å². The van der Waals surface area contributed by atoms with Crippen LogP contribution in [0.5, 0.6) is 0 Å². The van der Waals surface area contributed by atoms with E-state index in [2.05, 4.69) is 24.8 Å². The Bertz CT molecular complexity index is 42.9. The van der Waals surface area contributed by atoms with Crippen LogP contribution in [-0.2, 0) is 4.43 Å². The number of hydrogen-bond acceptors (Lipinski definition) is 1. The number of hydrogen-bond donors (Lipinski definition) is 0. The normalized spacial score (nSPS) is 6.80. The van der Waals surface area contributed by atoms with Crippen LogP contribution in [0.15, 0.2) is 0 Å². The fourth-order valence-electron chi connectivity index (χ4n) is 0. The molecule has 0 N–H and O–H groups in total. The molecule has 25 valence electrons. The molecule has 1 nitrogen and oxygen atoms in total. The van der Waals surface area contributed by atoms with Crippen LogP contribution in [0.1, 0.15) is 6.92 Å². The van der Waals surface area contributed by atoms with E-state index < -0.39 is 0 Å². The van der Waals surface area contributed by atoms with Gasteiger partial charge in [-0.25, -0.2) is 0 Å². The molecule has 0 aliphatic rings. The van der Waals surface area contributed by atoms with Crippen LogP contribution in [0.4, 0.5) is 0 Å². The third-order valence-corrected chi connectivity index (χ3v) is 0.765. The summed E-state index contributed by atoms with van der Waals surface area (Å²) >= 11 is 0. The van der Waals surface area contributed by atoms with Crippen LogP contribution in [0.25, 0.3) is 0 Å². The highest BCUT2D eigenvalue weighted by atomic mass is 28.2. The molecule has 0 aromatic heterocycles. The minimum Gasteiger partial charge on any atom is -0.548 e. The van der Waals surface area contributed by atoms with Gasteiger partial charge in [0.2, 0.25) is 0 Å². The highest BCUT2D eigenvalue weighted by Crippen LogP contribution is 1.57. The quantitative estimate of drug-likeness (QED) is 0.399. The largest absolute Gasteiger partial charge is 0.548 e. The molecule has 0 unspecified atom stereocenters. The van der Waals surface area contributed by atoms with Crippen molar-refractivity contribution in [3.05, 3.63) is 0 Å². The first kappa shape index (κ1) is 5.10. The second-order valence-corrected chi connectivity index (χ2v) is 1.57. The summed E-state index contributed by atoms with van der Waals surface area (Å²) in [4.78, 5) is 0. The van der Waals surface area contributed by atoms with E-state index in [0.29, 0.717) is 0 Å². The van der Waals surface area contributed by atoms with E-state index in [9.17, 15) is 0 Å². The van der Waals surface area contributed by atoms with Gasteiger partial charge >= 0.3 is 10.5 Å². The van der Waals surface area contributed by atoms with Gasteiger partial charge in [-0.05, 0) is 6.92 Å². The molecule has 0 saturated heterocycles. The van der Waals surface area contributed by atoms with E-state index in [0.717, 1.165) is 5.35 Å². The molecular weight excluding hydrogens is 96.2 g/mol. The molecule has 0 rings (SSSR count). The van der Waals surface area contributed by atoms with Crippen molar-refractivity contribution in [3.8, 4) is 0 Å². The highest BCUT2D eigenvalue weighted by Gasteiger charge is 1.66. The minimum atomic E-state index is 0.724. The molecule has 0 aromatic carbocycles. The van der Waals surface area contributed by atoms with Crippen molar-refractivity contribution >= 4 is 25.7 Å². The van der Waals surface area contributed by atoms with Crippen LogP contribution >= 0.6 is 0 Å². The van der Waals surface area contributed by atoms with Crippen molar-refractivity contribution in [1.82, 2.24) is 0 Å². The van der Waals surface area contributed by atoms with Crippen molar-refractivity contribution in [1.29, 1.82) is 0 Å². The van der Waals surface area contributed by atoms with E-state index in [-0.39, 0.29) is 0 Å². The molecule has 0 aromatic rings. The molecule has 0 saturated carbocycles. The lowest BCUT2D eigenvalue weighted by molar-refractivity contribution is 0.624.